The molecule has 3 atom stereocenters. The van der Waals surface area contributed by atoms with Crippen LogP contribution in [0.4, 0.5) is 4.79 Å². The van der Waals surface area contributed by atoms with E-state index >= 15 is 0 Å². The van der Waals surface area contributed by atoms with Gasteiger partial charge in [0.2, 0.25) is 11.8 Å². The van der Waals surface area contributed by atoms with Gasteiger partial charge in [0.15, 0.2) is 0 Å². The molecule has 35 heavy (non-hydrogen) atoms. The summed E-state index contributed by atoms with van der Waals surface area (Å²) in [5.41, 5.74) is 0.180. The van der Waals surface area contributed by atoms with Crippen molar-refractivity contribution in [2.24, 2.45) is 5.92 Å². The van der Waals surface area contributed by atoms with Crippen molar-refractivity contribution in [3.8, 4) is 0 Å². The van der Waals surface area contributed by atoms with Gasteiger partial charge in [-0.3, -0.25) is 9.59 Å². The molecule has 0 radical (unpaired) electrons. The van der Waals surface area contributed by atoms with E-state index in [2.05, 4.69) is 5.32 Å². The van der Waals surface area contributed by atoms with Crippen LogP contribution in [0.1, 0.15) is 45.6 Å². The number of carboxylic acids is 1. The van der Waals surface area contributed by atoms with Crippen molar-refractivity contribution in [1.82, 2.24) is 15.1 Å². The molecule has 2 aliphatic rings. The second-order valence-corrected chi connectivity index (χ2v) is 10.2. The van der Waals surface area contributed by atoms with Crippen molar-refractivity contribution in [3.63, 3.8) is 0 Å². The van der Waals surface area contributed by atoms with E-state index in [9.17, 15) is 29.4 Å². The van der Waals surface area contributed by atoms with Gasteiger partial charge in [0.1, 0.15) is 17.7 Å². The summed E-state index contributed by atoms with van der Waals surface area (Å²) in [7, 11) is 0. The summed E-state index contributed by atoms with van der Waals surface area (Å²) in [5.74, 6) is -2.10. The zero-order valence-electron chi connectivity index (χ0n) is 20.5. The zero-order valence-corrected chi connectivity index (χ0v) is 20.5. The molecule has 0 spiro atoms. The summed E-state index contributed by atoms with van der Waals surface area (Å²) in [4.78, 5) is 53.1. The minimum absolute atomic E-state index is 0.00784. The van der Waals surface area contributed by atoms with Gasteiger partial charge < -0.3 is 30.1 Å². The number of alkyl carbamates (subject to hydrolysis) is 1. The molecular weight excluding hydrogens is 454 g/mol. The van der Waals surface area contributed by atoms with Crippen molar-refractivity contribution < 1.29 is 34.1 Å². The summed E-state index contributed by atoms with van der Waals surface area (Å²) in [5, 5.41) is 21.9. The van der Waals surface area contributed by atoms with Crippen LogP contribution in [0.25, 0.3) is 0 Å². The SMILES string of the molecule is CC(C)(C)OC(=O)N[C@@H](Cc1ccccc1)C(=O)N1CCC(C(=O)N2CC(O)C[C@H]2C(=O)O)CC1. The molecule has 192 valence electrons. The lowest BCUT2D eigenvalue weighted by Gasteiger charge is -2.36. The molecule has 1 aromatic rings. The summed E-state index contributed by atoms with van der Waals surface area (Å²) in [6.45, 7) is 5.87. The number of carboxylic acid groups (broad SMARTS) is 1. The highest BCUT2D eigenvalue weighted by atomic mass is 16.6. The van der Waals surface area contributed by atoms with Crippen molar-refractivity contribution in [2.75, 3.05) is 19.6 Å². The number of nitrogens with zero attached hydrogens (tertiary/aromatic N) is 2. The van der Waals surface area contributed by atoms with Crippen LogP contribution in [-0.2, 0) is 25.5 Å². The smallest absolute Gasteiger partial charge is 0.408 e. The van der Waals surface area contributed by atoms with Gasteiger partial charge in [-0.2, -0.15) is 0 Å². The molecule has 0 aromatic heterocycles. The minimum atomic E-state index is -1.13. The van der Waals surface area contributed by atoms with Gasteiger partial charge in [-0.1, -0.05) is 30.3 Å². The monoisotopic (exact) mass is 489 g/mol. The third kappa shape index (κ3) is 7.17. The Labute approximate surface area is 205 Å². The molecule has 3 rings (SSSR count). The fourth-order valence-corrected chi connectivity index (χ4v) is 4.59. The Hall–Kier alpha value is -3.14. The van der Waals surface area contributed by atoms with Crippen molar-refractivity contribution in [1.29, 1.82) is 0 Å². The maximum atomic E-state index is 13.4. The molecule has 1 unspecified atom stereocenters. The molecule has 2 heterocycles. The van der Waals surface area contributed by atoms with Gasteiger partial charge in [-0.25, -0.2) is 9.59 Å². The van der Waals surface area contributed by atoms with Gasteiger partial charge in [0.25, 0.3) is 0 Å². The molecule has 10 heteroatoms. The second-order valence-electron chi connectivity index (χ2n) is 10.2. The van der Waals surface area contributed by atoms with Crippen LogP contribution in [0, 0.1) is 5.92 Å². The molecule has 0 aliphatic carbocycles. The molecule has 3 N–H and O–H groups in total. The lowest BCUT2D eigenvalue weighted by atomic mass is 9.94. The number of aliphatic hydroxyl groups excluding tert-OH is 1. The van der Waals surface area contributed by atoms with E-state index in [4.69, 9.17) is 4.74 Å². The first-order valence-corrected chi connectivity index (χ1v) is 12.0. The maximum Gasteiger partial charge on any atom is 0.408 e. The average Bonchev–Trinajstić information content (AvgIpc) is 3.19. The van der Waals surface area contributed by atoms with Crippen LogP contribution in [0.3, 0.4) is 0 Å². The lowest BCUT2D eigenvalue weighted by Crippen LogP contribution is -2.53. The molecule has 0 saturated carbocycles. The van der Waals surface area contributed by atoms with Crippen molar-refractivity contribution >= 4 is 23.9 Å². The van der Waals surface area contributed by atoms with Crippen LogP contribution in [0.2, 0.25) is 0 Å². The Morgan fingerprint density at radius 1 is 1.11 bits per heavy atom. The van der Waals surface area contributed by atoms with E-state index in [0.29, 0.717) is 32.4 Å². The standard InChI is InChI=1S/C25H35N3O7/c1-25(2,3)35-24(34)26-19(13-16-7-5-4-6-8-16)22(31)27-11-9-17(10-12-27)21(30)28-15-18(29)14-20(28)23(32)33/h4-8,17-20,29H,9-15H2,1-3H3,(H,26,34)(H,32,33)/t18?,19-,20-/m0/s1. The Morgan fingerprint density at radius 3 is 2.31 bits per heavy atom. The molecule has 2 saturated heterocycles. The van der Waals surface area contributed by atoms with Gasteiger partial charge in [-0.05, 0) is 39.2 Å². The number of benzene rings is 1. The summed E-state index contributed by atoms with van der Waals surface area (Å²) in [6.07, 6.45) is -0.440. The molecule has 10 nitrogen and oxygen atoms in total. The first kappa shape index (κ1) is 26.5. The zero-order chi connectivity index (χ0) is 25.8. The fraction of sp³-hybridized carbons (Fsp3) is 0.600. The largest absolute Gasteiger partial charge is 0.480 e. The van der Waals surface area contributed by atoms with Crippen LogP contribution in [0.15, 0.2) is 30.3 Å². The van der Waals surface area contributed by atoms with E-state index in [1.54, 1.807) is 25.7 Å². The second kappa shape index (κ2) is 11.1. The van der Waals surface area contributed by atoms with Gasteiger partial charge in [0, 0.05) is 38.4 Å². The number of hydrogen-bond donors (Lipinski definition) is 3. The Kier molecular flexibility index (Phi) is 8.37. The highest BCUT2D eigenvalue weighted by Crippen LogP contribution is 2.26. The number of carbonyl (C=O) groups excluding carboxylic acids is 3. The molecular formula is C25H35N3O7. The average molecular weight is 490 g/mol. The first-order chi connectivity index (χ1) is 16.4. The van der Waals surface area contributed by atoms with Crippen molar-refractivity contribution in [3.05, 3.63) is 35.9 Å². The van der Waals surface area contributed by atoms with Gasteiger partial charge >= 0.3 is 12.1 Å². The third-order valence-electron chi connectivity index (χ3n) is 6.27. The highest BCUT2D eigenvalue weighted by molar-refractivity contribution is 5.88. The van der Waals surface area contributed by atoms with Crippen LogP contribution < -0.4 is 5.32 Å². The number of rotatable bonds is 6. The Bertz CT molecular complexity index is 923. The number of β-amino-alcohol motifs (C(OH)–C–C–N with tert-alkyl or cyclic N) is 1. The molecule has 1 aromatic carbocycles. The number of piperidine rings is 1. The quantitative estimate of drug-likeness (QED) is 0.550. The number of amides is 3. The van der Waals surface area contributed by atoms with E-state index in [-0.39, 0.29) is 24.8 Å². The van der Waals surface area contributed by atoms with E-state index in [1.165, 1.54) is 4.90 Å². The minimum Gasteiger partial charge on any atom is -0.480 e. The highest BCUT2D eigenvalue weighted by Gasteiger charge is 2.42. The predicted molar refractivity (Wildman–Crippen MR) is 126 cm³/mol. The van der Waals surface area contributed by atoms with E-state index in [1.807, 2.05) is 30.3 Å². The predicted octanol–water partition coefficient (Wildman–Crippen LogP) is 1.41. The van der Waals surface area contributed by atoms with E-state index in [0.717, 1.165) is 5.56 Å². The summed E-state index contributed by atoms with van der Waals surface area (Å²) >= 11 is 0. The Balaban J connectivity index is 1.64. The molecule has 2 fully saturated rings. The number of hydrogen-bond acceptors (Lipinski definition) is 6. The molecule has 3 amide bonds. The first-order valence-electron chi connectivity index (χ1n) is 12.0. The fourth-order valence-electron chi connectivity index (χ4n) is 4.59. The van der Waals surface area contributed by atoms with Gasteiger partial charge in [0.05, 0.1) is 6.10 Å². The number of likely N-dealkylation sites (tertiary alicyclic amines) is 2. The molecule has 2 aliphatic heterocycles. The van der Waals surface area contributed by atoms with Crippen LogP contribution >= 0.6 is 0 Å². The van der Waals surface area contributed by atoms with E-state index < -0.39 is 41.8 Å². The number of nitrogens with one attached hydrogen (secondary N) is 1. The normalized spacial score (nSPS) is 21.9. The van der Waals surface area contributed by atoms with Crippen LogP contribution in [0.5, 0.6) is 0 Å². The maximum absolute atomic E-state index is 13.4. The number of carbonyl (C=O) groups is 4. The lowest BCUT2D eigenvalue weighted by molar-refractivity contribution is -0.151. The third-order valence-corrected chi connectivity index (χ3v) is 6.27. The topological polar surface area (TPSA) is 136 Å². The summed E-state index contributed by atoms with van der Waals surface area (Å²) < 4.78 is 5.35. The number of aliphatic carboxylic acids is 1. The number of aliphatic hydroxyl groups is 1. The Morgan fingerprint density at radius 2 is 1.74 bits per heavy atom. The van der Waals surface area contributed by atoms with Crippen LogP contribution in [-0.4, -0.2) is 87.3 Å². The summed E-state index contributed by atoms with van der Waals surface area (Å²) in [6, 6.07) is 7.51. The van der Waals surface area contributed by atoms with Gasteiger partial charge in [-0.15, -0.1) is 0 Å². The molecule has 0 bridgehead atoms. The number of ether oxygens (including phenoxy) is 1. The van der Waals surface area contributed by atoms with Crippen molar-refractivity contribution in [2.45, 2.75) is 70.2 Å².